The van der Waals surface area contributed by atoms with Crippen LogP contribution in [0.15, 0.2) is 114 Å². The first-order valence-corrected chi connectivity index (χ1v) is 14.4. The molecule has 3 aromatic rings. The van der Waals surface area contributed by atoms with Gasteiger partial charge in [-0.1, -0.05) is 137 Å². The van der Waals surface area contributed by atoms with E-state index in [4.69, 9.17) is 5.73 Å². The third kappa shape index (κ3) is 7.76. The van der Waals surface area contributed by atoms with Crippen molar-refractivity contribution in [2.24, 2.45) is 17.1 Å². The number of nitrogens with one attached hydrogen (secondary N) is 1. The number of hydrogen-bond acceptors (Lipinski definition) is 2. The summed E-state index contributed by atoms with van der Waals surface area (Å²) < 4.78 is 0. The summed E-state index contributed by atoms with van der Waals surface area (Å²) in [7, 11) is 0. The highest BCUT2D eigenvalue weighted by molar-refractivity contribution is 5.81. The minimum Gasteiger partial charge on any atom is -0.405 e. The smallest absolute Gasteiger partial charge is 0.0422 e. The topological polar surface area (TPSA) is 38.0 Å². The summed E-state index contributed by atoms with van der Waals surface area (Å²) >= 11 is 0. The first kappa shape index (κ1) is 29.0. The predicted octanol–water partition coefficient (Wildman–Crippen LogP) is 9.43. The third-order valence-corrected chi connectivity index (χ3v) is 7.29. The molecule has 1 heterocycles. The summed E-state index contributed by atoms with van der Waals surface area (Å²) in [4.78, 5) is 0. The molecule has 0 aliphatic carbocycles. The molecular formula is C38H44N2. The van der Waals surface area contributed by atoms with Gasteiger partial charge in [-0.3, -0.25) is 0 Å². The molecule has 3 N–H and O–H groups in total. The molecule has 2 nitrogen and oxygen atoms in total. The molecule has 4 rings (SSSR count). The van der Waals surface area contributed by atoms with Gasteiger partial charge in [-0.05, 0) is 75.9 Å². The average molecular weight is 529 g/mol. The van der Waals surface area contributed by atoms with E-state index >= 15 is 0 Å². The van der Waals surface area contributed by atoms with E-state index < -0.39 is 0 Å². The van der Waals surface area contributed by atoms with E-state index in [1.807, 2.05) is 6.08 Å². The first-order valence-electron chi connectivity index (χ1n) is 14.4. The van der Waals surface area contributed by atoms with Crippen LogP contribution in [-0.4, -0.2) is 6.54 Å². The predicted molar refractivity (Wildman–Crippen MR) is 175 cm³/mol. The second kappa shape index (κ2) is 13.3. The molecule has 0 amide bonds. The molecule has 3 aromatic carbocycles. The van der Waals surface area contributed by atoms with Gasteiger partial charge in [-0.15, -0.1) is 0 Å². The van der Waals surface area contributed by atoms with E-state index in [0.717, 1.165) is 19.4 Å². The van der Waals surface area contributed by atoms with Crippen LogP contribution in [0.5, 0.6) is 0 Å². The zero-order chi connectivity index (χ0) is 28.5. The second-order valence-corrected chi connectivity index (χ2v) is 12.0. The van der Waals surface area contributed by atoms with E-state index in [1.54, 1.807) is 6.20 Å². The molecule has 0 radical (unpaired) electrons. The first-order chi connectivity index (χ1) is 19.2. The van der Waals surface area contributed by atoms with Gasteiger partial charge in [0.05, 0.1) is 0 Å². The highest BCUT2D eigenvalue weighted by Crippen LogP contribution is 2.30. The molecule has 0 unspecified atom stereocenters. The van der Waals surface area contributed by atoms with Crippen molar-refractivity contribution in [3.8, 4) is 11.1 Å². The fourth-order valence-corrected chi connectivity index (χ4v) is 5.15. The van der Waals surface area contributed by atoms with E-state index in [9.17, 15) is 0 Å². The summed E-state index contributed by atoms with van der Waals surface area (Å²) in [6, 6.07) is 26.0. The largest absolute Gasteiger partial charge is 0.405 e. The minimum absolute atomic E-state index is 0.0199. The lowest BCUT2D eigenvalue weighted by Crippen LogP contribution is -2.20. The van der Waals surface area contributed by atoms with Gasteiger partial charge in [0.25, 0.3) is 0 Å². The molecule has 2 heteroatoms. The monoisotopic (exact) mass is 528 g/mol. The number of rotatable bonds is 9. The Hall–Kier alpha value is -4.04. The van der Waals surface area contributed by atoms with Gasteiger partial charge in [0, 0.05) is 17.8 Å². The third-order valence-electron chi connectivity index (χ3n) is 7.29. The molecule has 0 bridgehead atoms. The lowest BCUT2D eigenvalue weighted by atomic mass is 9.85. The maximum absolute atomic E-state index is 5.80. The SMILES string of the molecule is CC(C)CC1=CC=C(c2ccccc2/C=C/c2ccc(-c3ccccc3)cc2C/C=C(\C=C/N)C(C)(C)C)NC1. The van der Waals surface area contributed by atoms with Crippen LogP contribution in [0.2, 0.25) is 0 Å². The van der Waals surface area contributed by atoms with Gasteiger partial charge < -0.3 is 11.1 Å². The van der Waals surface area contributed by atoms with Gasteiger partial charge in [-0.2, -0.15) is 0 Å². The molecular weight excluding hydrogens is 484 g/mol. The van der Waals surface area contributed by atoms with Crippen molar-refractivity contribution in [1.82, 2.24) is 5.32 Å². The van der Waals surface area contributed by atoms with Crippen molar-refractivity contribution < 1.29 is 0 Å². The highest BCUT2D eigenvalue weighted by atomic mass is 14.9. The molecule has 206 valence electrons. The number of nitrogens with two attached hydrogens (primary N) is 1. The van der Waals surface area contributed by atoms with Crippen molar-refractivity contribution in [2.75, 3.05) is 6.54 Å². The Bertz CT molecular complexity index is 1440. The van der Waals surface area contributed by atoms with E-state index in [1.165, 1.54) is 50.2 Å². The number of hydrogen-bond donors (Lipinski definition) is 2. The highest BCUT2D eigenvalue weighted by Gasteiger charge is 2.15. The quantitative estimate of drug-likeness (QED) is 0.214. The van der Waals surface area contributed by atoms with Crippen molar-refractivity contribution in [1.29, 1.82) is 0 Å². The fraction of sp³-hybridized carbons (Fsp3) is 0.263. The Morgan fingerprint density at radius 1 is 0.875 bits per heavy atom. The van der Waals surface area contributed by atoms with Crippen LogP contribution >= 0.6 is 0 Å². The van der Waals surface area contributed by atoms with Crippen molar-refractivity contribution >= 4 is 17.8 Å². The maximum atomic E-state index is 5.80. The molecule has 0 aromatic heterocycles. The minimum atomic E-state index is 0.0199. The Kier molecular flexibility index (Phi) is 9.66. The Morgan fingerprint density at radius 2 is 1.60 bits per heavy atom. The normalized spacial score (nSPS) is 14.5. The Morgan fingerprint density at radius 3 is 2.27 bits per heavy atom. The van der Waals surface area contributed by atoms with Crippen LogP contribution in [-0.2, 0) is 6.42 Å². The summed E-state index contributed by atoms with van der Waals surface area (Å²) in [6.07, 6.45) is 17.0. The fourth-order valence-electron chi connectivity index (χ4n) is 5.15. The molecule has 0 saturated heterocycles. The zero-order valence-corrected chi connectivity index (χ0v) is 24.7. The van der Waals surface area contributed by atoms with Crippen molar-refractivity contribution in [2.45, 2.75) is 47.5 Å². The summed E-state index contributed by atoms with van der Waals surface area (Å²) in [5.41, 5.74) is 17.1. The van der Waals surface area contributed by atoms with Gasteiger partial charge in [0.1, 0.15) is 0 Å². The number of benzene rings is 3. The second-order valence-electron chi connectivity index (χ2n) is 12.0. The Labute approximate surface area is 241 Å². The van der Waals surface area contributed by atoms with Gasteiger partial charge in [0.2, 0.25) is 0 Å². The van der Waals surface area contributed by atoms with Crippen LogP contribution in [0, 0.1) is 11.3 Å². The summed E-state index contributed by atoms with van der Waals surface area (Å²) in [5, 5.41) is 3.66. The van der Waals surface area contributed by atoms with Crippen LogP contribution in [0.1, 0.15) is 63.3 Å². The van der Waals surface area contributed by atoms with Crippen molar-refractivity contribution in [3.05, 3.63) is 137 Å². The number of allylic oxidation sites excluding steroid dienone is 5. The van der Waals surface area contributed by atoms with E-state index in [2.05, 4.69) is 143 Å². The van der Waals surface area contributed by atoms with Crippen LogP contribution in [0.25, 0.3) is 29.0 Å². The zero-order valence-electron chi connectivity index (χ0n) is 24.7. The summed E-state index contributed by atoms with van der Waals surface area (Å²) in [6.45, 7) is 12.1. The molecule has 0 fully saturated rings. The lowest BCUT2D eigenvalue weighted by Gasteiger charge is -2.21. The van der Waals surface area contributed by atoms with E-state index in [0.29, 0.717) is 5.92 Å². The average Bonchev–Trinajstić information content (AvgIpc) is 2.94. The van der Waals surface area contributed by atoms with Crippen LogP contribution in [0.4, 0.5) is 0 Å². The Balaban J connectivity index is 1.69. The molecule has 1 aliphatic heterocycles. The standard InChI is InChI=1S/C38H44N2/c1-28(2)25-29-15-22-37(40-27-29)36-14-10-9-13-32(36)18-16-31-17-19-33(30-11-7-6-8-12-30)26-34(31)20-21-35(23-24-39)38(3,4)5/h6-19,21-24,26,28,40H,20,25,27,39H2,1-5H3/b18-16+,24-23-,35-21+. The van der Waals surface area contributed by atoms with E-state index in [-0.39, 0.29) is 5.41 Å². The van der Waals surface area contributed by atoms with Gasteiger partial charge in [0.15, 0.2) is 0 Å². The van der Waals surface area contributed by atoms with Crippen LogP contribution < -0.4 is 11.1 Å². The van der Waals surface area contributed by atoms with Crippen molar-refractivity contribution in [3.63, 3.8) is 0 Å². The molecule has 40 heavy (non-hydrogen) atoms. The van der Waals surface area contributed by atoms with Gasteiger partial charge >= 0.3 is 0 Å². The number of dihydropyridines is 1. The summed E-state index contributed by atoms with van der Waals surface area (Å²) in [5.74, 6) is 0.668. The molecule has 0 atom stereocenters. The van der Waals surface area contributed by atoms with Crippen LogP contribution in [0.3, 0.4) is 0 Å². The molecule has 0 saturated carbocycles. The molecule has 0 spiro atoms. The maximum Gasteiger partial charge on any atom is 0.0422 e. The van der Waals surface area contributed by atoms with Gasteiger partial charge in [-0.25, -0.2) is 0 Å². The molecule has 1 aliphatic rings. The lowest BCUT2D eigenvalue weighted by molar-refractivity contribution is 0.515.